The van der Waals surface area contributed by atoms with E-state index >= 15 is 0 Å². The van der Waals surface area contributed by atoms with Crippen LogP contribution in [0.4, 0.5) is 10.5 Å². The van der Waals surface area contributed by atoms with E-state index in [0.29, 0.717) is 13.0 Å². The van der Waals surface area contributed by atoms with Crippen molar-refractivity contribution >= 4 is 28.5 Å². The van der Waals surface area contributed by atoms with Crippen LogP contribution in [-0.2, 0) is 4.79 Å². The number of carbonyl (C=O) groups is 2. The number of aromatic amines is 1. The van der Waals surface area contributed by atoms with E-state index in [-0.39, 0.29) is 11.9 Å². The van der Waals surface area contributed by atoms with Gasteiger partial charge in [0.2, 0.25) is 5.91 Å². The number of fused-ring (bicyclic) bond motifs is 1. The SMILES string of the molecule is C1CCNC1.O=C1CCN(c2cccc3[nH]ccc23)C(=O)N1. The third-order valence-corrected chi connectivity index (χ3v) is 3.87. The summed E-state index contributed by atoms with van der Waals surface area (Å²) < 4.78 is 0. The van der Waals surface area contributed by atoms with Crippen molar-refractivity contribution in [3.05, 3.63) is 30.5 Å². The van der Waals surface area contributed by atoms with Crippen LogP contribution in [0.15, 0.2) is 30.5 Å². The molecule has 0 aliphatic carbocycles. The molecule has 0 saturated carbocycles. The summed E-state index contributed by atoms with van der Waals surface area (Å²) in [5, 5.41) is 6.53. The minimum absolute atomic E-state index is 0.215. The fourth-order valence-corrected chi connectivity index (χ4v) is 2.72. The number of hydrogen-bond acceptors (Lipinski definition) is 3. The zero-order valence-electron chi connectivity index (χ0n) is 12.4. The van der Waals surface area contributed by atoms with Crippen molar-refractivity contribution in [2.24, 2.45) is 0 Å². The summed E-state index contributed by atoms with van der Waals surface area (Å²) in [6, 6.07) is 7.29. The number of H-pyrrole nitrogens is 1. The molecule has 4 rings (SSSR count). The Hall–Kier alpha value is -2.34. The average molecular weight is 300 g/mol. The Morgan fingerprint density at radius 3 is 2.55 bits per heavy atom. The van der Waals surface area contributed by atoms with Gasteiger partial charge in [0.15, 0.2) is 0 Å². The highest BCUT2D eigenvalue weighted by molar-refractivity contribution is 6.09. The monoisotopic (exact) mass is 300 g/mol. The number of hydrogen-bond donors (Lipinski definition) is 3. The third-order valence-electron chi connectivity index (χ3n) is 3.87. The predicted molar refractivity (Wildman–Crippen MR) is 85.9 cm³/mol. The molecular weight excluding hydrogens is 280 g/mol. The van der Waals surface area contributed by atoms with Crippen molar-refractivity contribution in [1.82, 2.24) is 15.6 Å². The van der Waals surface area contributed by atoms with Crippen molar-refractivity contribution in [3.8, 4) is 0 Å². The van der Waals surface area contributed by atoms with E-state index in [0.717, 1.165) is 16.6 Å². The maximum Gasteiger partial charge on any atom is 0.328 e. The van der Waals surface area contributed by atoms with Gasteiger partial charge < -0.3 is 10.3 Å². The van der Waals surface area contributed by atoms with Crippen LogP contribution in [0.2, 0.25) is 0 Å². The summed E-state index contributed by atoms with van der Waals surface area (Å²) in [5.41, 5.74) is 1.81. The van der Waals surface area contributed by atoms with Crippen LogP contribution in [0.5, 0.6) is 0 Å². The van der Waals surface area contributed by atoms with Crippen LogP contribution in [0.1, 0.15) is 19.3 Å². The summed E-state index contributed by atoms with van der Waals surface area (Å²) in [5.74, 6) is -0.215. The second-order valence-electron chi connectivity index (χ2n) is 5.43. The van der Waals surface area contributed by atoms with Gasteiger partial charge in [0.05, 0.1) is 5.69 Å². The molecule has 2 aromatic rings. The van der Waals surface area contributed by atoms with E-state index < -0.39 is 0 Å². The number of benzene rings is 1. The Bertz CT molecular complexity index is 668. The topological polar surface area (TPSA) is 77.2 Å². The lowest BCUT2D eigenvalue weighted by Gasteiger charge is -2.27. The predicted octanol–water partition coefficient (Wildman–Crippen LogP) is 1.98. The van der Waals surface area contributed by atoms with Gasteiger partial charge in [-0.25, -0.2) is 4.79 Å². The molecule has 1 aromatic carbocycles. The highest BCUT2D eigenvalue weighted by Crippen LogP contribution is 2.27. The fraction of sp³-hybridized carbons (Fsp3) is 0.375. The number of nitrogens with zero attached hydrogens (tertiary/aromatic N) is 1. The van der Waals surface area contributed by atoms with Crippen molar-refractivity contribution in [2.45, 2.75) is 19.3 Å². The van der Waals surface area contributed by atoms with E-state index in [4.69, 9.17) is 0 Å². The normalized spacial score (nSPS) is 18.1. The van der Waals surface area contributed by atoms with E-state index in [1.165, 1.54) is 25.9 Å². The van der Waals surface area contributed by atoms with E-state index in [1.54, 1.807) is 4.90 Å². The second-order valence-corrected chi connectivity index (χ2v) is 5.43. The molecule has 116 valence electrons. The van der Waals surface area contributed by atoms with E-state index in [1.807, 2.05) is 30.5 Å². The van der Waals surface area contributed by atoms with Gasteiger partial charge in [-0.3, -0.25) is 15.0 Å². The number of aromatic nitrogens is 1. The minimum atomic E-state index is -0.352. The molecule has 2 fully saturated rings. The van der Waals surface area contributed by atoms with E-state index in [9.17, 15) is 9.59 Å². The fourth-order valence-electron chi connectivity index (χ4n) is 2.72. The quantitative estimate of drug-likeness (QED) is 0.753. The maximum absolute atomic E-state index is 11.8. The van der Waals surface area contributed by atoms with Gasteiger partial charge in [0, 0.05) is 30.1 Å². The Morgan fingerprint density at radius 1 is 1.05 bits per heavy atom. The Balaban J connectivity index is 0.000000246. The zero-order valence-corrected chi connectivity index (χ0v) is 12.4. The molecule has 6 nitrogen and oxygen atoms in total. The molecule has 0 unspecified atom stereocenters. The summed E-state index contributed by atoms with van der Waals surface area (Å²) in [7, 11) is 0. The first-order valence-electron chi connectivity index (χ1n) is 7.64. The molecule has 3 heterocycles. The first kappa shape index (κ1) is 14.6. The second kappa shape index (κ2) is 6.62. The molecule has 0 bridgehead atoms. The largest absolute Gasteiger partial charge is 0.361 e. The number of rotatable bonds is 1. The van der Waals surface area contributed by atoms with Crippen LogP contribution in [-0.4, -0.2) is 36.6 Å². The van der Waals surface area contributed by atoms with Gasteiger partial charge in [-0.2, -0.15) is 0 Å². The molecule has 6 heteroatoms. The van der Waals surface area contributed by atoms with Crippen LogP contribution in [0.3, 0.4) is 0 Å². The average Bonchev–Trinajstić information content (AvgIpc) is 3.21. The van der Waals surface area contributed by atoms with Gasteiger partial charge in [-0.15, -0.1) is 0 Å². The molecular formula is C16H20N4O2. The highest BCUT2D eigenvalue weighted by atomic mass is 16.2. The van der Waals surface area contributed by atoms with E-state index in [2.05, 4.69) is 15.6 Å². The smallest absolute Gasteiger partial charge is 0.328 e. The summed E-state index contributed by atoms with van der Waals surface area (Å²) in [6.45, 7) is 2.93. The minimum Gasteiger partial charge on any atom is -0.361 e. The number of carbonyl (C=O) groups excluding carboxylic acids is 2. The molecule has 2 aliphatic rings. The molecule has 2 saturated heterocycles. The van der Waals surface area contributed by atoms with Crippen molar-refractivity contribution in [1.29, 1.82) is 0 Å². The van der Waals surface area contributed by atoms with Gasteiger partial charge in [0.25, 0.3) is 0 Å². The number of urea groups is 1. The zero-order chi connectivity index (χ0) is 15.4. The molecule has 0 radical (unpaired) electrons. The van der Waals surface area contributed by atoms with Gasteiger partial charge in [0.1, 0.15) is 0 Å². The lowest BCUT2D eigenvalue weighted by atomic mass is 10.2. The first-order valence-corrected chi connectivity index (χ1v) is 7.64. The van der Waals surface area contributed by atoms with Crippen LogP contribution < -0.4 is 15.5 Å². The van der Waals surface area contributed by atoms with Crippen molar-refractivity contribution in [2.75, 3.05) is 24.5 Å². The van der Waals surface area contributed by atoms with Crippen LogP contribution in [0.25, 0.3) is 10.9 Å². The molecule has 1 aromatic heterocycles. The standard InChI is InChI=1S/C12H11N3O2.C4H9N/c16-11-5-7-15(12(17)14-11)10-3-1-2-9-8(10)4-6-13-9;1-2-4-5-3-1/h1-4,6,13H,5,7H2,(H,14,16,17);5H,1-4H2. The van der Waals surface area contributed by atoms with Gasteiger partial charge in [-0.05, 0) is 44.1 Å². The van der Waals surface area contributed by atoms with Gasteiger partial charge >= 0.3 is 6.03 Å². The summed E-state index contributed by atoms with van der Waals surface area (Å²) in [6.07, 6.45) is 4.95. The lowest BCUT2D eigenvalue weighted by molar-refractivity contribution is -0.120. The van der Waals surface area contributed by atoms with Gasteiger partial charge in [-0.1, -0.05) is 6.07 Å². The Morgan fingerprint density at radius 2 is 1.86 bits per heavy atom. The summed E-state index contributed by atoms with van der Waals surface area (Å²) >= 11 is 0. The molecule has 3 N–H and O–H groups in total. The number of amides is 3. The Kier molecular flexibility index (Phi) is 4.39. The summed E-state index contributed by atoms with van der Waals surface area (Å²) in [4.78, 5) is 27.5. The first-order chi connectivity index (χ1) is 10.8. The van der Waals surface area contributed by atoms with Crippen molar-refractivity contribution < 1.29 is 9.59 Å². The molecule has 2 aliphatic heterocycles. The maximum atomic E-state index is 11.8. The van der Waals surface area contributed by atoms with Crippen molar-refractivity contribution in [3.63, 3.8) is 0 Å². The molecule has 22 heavy (non-hydrogen) atoms. The molecule has 0 atom stereocenters. The molecule has 0 spiro atoms. The number of anilines is 1. The Labute approximate surface area is 128 Å². The highest BCUT2D eigenvalue weighted by Gasteiger charge is 2.25. The molecule has 3 amide bonds. The third kappa shape index (κ3) is 3.12. The van der Waals surface area contributed by atoms with Crippen LogP contribution >= 0.6 is 0 Å². The number of nitrogens with one attached hydrogen (secondary N) is 3. The lowest BCUT2D eigenvalue weighted by Crippen LogP contribution is -2.49. The number of imide groups is 1. The van der Waals surface area contributed by atoms with Crippen LogP contribution in [0, 0.1) is 0 Å².